The third-order valence-electron chi connectivity index (χ3n) is 2.86. The molecule has 0 saturated heterocycles. The molecule has 0 atom stereocenters. The molecule has 0 radical (unpaired) electrons. The highest BCUT2D eigenvalue weighted by atomic mass is 19.1. The predicted octanol–water partition coefficient (Wildman–Crippen LogP) is 4.15. The largest absolute Gasteiger partial charge is 0.493 e. The molecule has 2 rings (SSSR count). The molecule has 2 aromatic carbocycles. The van der Waals surface area contributed by atoms with E-state index in [0.29, 0.717) is 12.4 Å². The summed E-state index contributed by atoms with van der Waals surface area (Å²) in [5.41, 5.74) is 2.27. The molecule has 0 aliphatic heterocycles. The molecule has 18 heavy (non-hydrogen) atoms. The molecule has 2 aromatic rings. The molecule has 0 amide bonds. The number of rotatable bonds is 5. The van der Waals surface area contributed by atoms with Crippen molar-refractivity contribution in [3.63, 3.8) is 0 Å². The Balaban J connectivity index is 1.80. The van der Waals surface area contributed by atoms with E-state index in [9.17, 15) is 4.39 Å². The lowest BCUT2D eigenvalue weighted by Gasteiger charge is -2.09. The van der Waals surface area contributed by atoms with Crippen molar-refractivity contribution in [1.82, 2.24) is 0 Å². The average Bonchev–Trinajstić information content (AvgIpc) is 2.40. The van der Waals surface area contributed by atoms with Crippen LogP contribution in [0.2, 0.25) is 0 Å². The zero-order chi connectivity index (χ0) is 12.8. The zero-order valence-corrected chi connectivity index (χ0v) is 10.5. The first kappa shape index (κ1) is 12.6. The Labute approximate surface area is 107 Å². The zero-order valence-electron chi connectivity index (χ0n) is 10.5. The fraction of sp³-hybridized carbons (Fsp3) is 0.250. The fourth-order valence-electron chi connectivity index (χ4n) is 1.83. The summed E-state index contributed by atoms with van der Waals surface area (Å²) in [5, 5.41) is 0. The molecule has 0 unspecified atom stereocenters. The van der Waals surface area contributed by atoms with Crippen molar-refractivity contribution in [2.45, 2.75) is 19.8 Å². The van der Waals surface area contributed by atoms with E-state index in [-0.39, 0.29) is 5.82 Å². The maximum Gasteiger partial charge on any atom is 0.126 e. The van der Waals surface area contributed by atoms with Gasteiger partial charge in [-0.3, -0.25) is 0 Å². The van der Waals surface area contributed by atoms with E-state index in [1.165, 1.54) is 17.7 Å². The van der Waals surface area contributed by atoms with Crippen LogP contribution in [0.5, 0.6) is 5.75 Å². The van der Waals surface area contributed by atoms with Crippen LogP contribution in [-0.4, -0.2) is 6.61 Å². The second-order valence-electron chi connectivity index (χ2n) is 4.35. The van der Waals surface area contributed by atoms with E-state index in [1.54, 1.807) is 6.07 Å². The summed E-state index contributed by atoms with van der Waals surface area (Å²) in [6, 6.07) is 14.9. The maximum absolute atomic E-state index is 13.0. The van der Waals surface area contributed by atoms with E-state index in [4.69, 9.17) is 4.74 Å². The highest BCUT2D eigenvalue weighted by molar-refractivity contribution is 5.32. The minimum absolute atomic E-state index is 0.251. The first-order valence-electron chi connectivity index (χ1n) is 6.18. The smallest absolute Gasteiger partial charge is 0.126 e. The van der Waals surface area contributed by atoms with Crippen LogP contribution in [0.25, 0.3) is 0 Å². The molecule has 1 nitrogen and oxygen atoms in total. The first-order chi connectivity index (χ1) is 8.75. The van der Waals surface area contributed by atoms with Gasteiger partial charge in [0.25, 0.3) is 0 Å². The van der Waals surface area contributed by atoms with Gasteiger partial charge in [0, 0.05) is 6.07 Å². The molecule has 0 spiro atoms. The highest BCUT2D eigenvalue weighted by Gasteiger charge is 2.01. The Kier molecular flexibility index (Phi) is 4.35. The van der Waals surface area contributed by atoms with E-state index >= 15 is 0 Å². The first-order valence-corrected chi connectivity index (χ1v) is 6.18. The van der Waals surface area contributed by atoms with Gasteiger partial charge in [-0.15, -0.1) is 0 Å². The van der Waals surface area contributed by atoms with Crippen LogP contribution in [0, 0.1) is 12.7 Å². The van der Waals surface area contributed by atoms with Crippen LogP contribution in [0.15, 0.2) is 48.5 Å². The molecular formula is C16H17FO. The third-order valence-corrected chi connectivity index (χ3v) is 2.86. The molecule has 2 heteroatoms. The summed E-state index contributed by atoms with van der Waals surface area (Å²) in [6.07, 6.45) is 1.91. The molecule has 0 fully saturated rings. The van der Waals surface area contributed by atoms with Crippen molar-refractivity contribution in [3.8, 4) is 5.75 Å². The van der Waals surface area contributed by atoms with Crippen molar-refractivity contribution in [1.29, 1.82) is 0 Å². The SMILES string of the molecule is Cc1ccc(F)cc1OCCCc1ccccc1. The lowest BCUT2D eigenvalue weighted by atomic mass is 10.1. The fourth-order valence-corrected chi connectivity index (χ4v) is 1.83. The number of benzene rings is 2. The van der Waals surface area contributed by atoms with Gasteiger partial charge in [0.05, 0.1) is 6.61 Å². The minimum Gasteiger partial charge on any atom is -0.493 e. The van der Waals surface area contributed by atoms with Gasteiger partial charge in [0.2, 0.25) is 0 Å². The standard InChI is InChI=1S/C16H17FO/c1-13-9-10-15(17)12-16(13)18-11-5-8-14-6-3-2-4-7-14/h2-4,6-7,9-10,12H,5,8,11H2,1H3. The summed E-state index contributed by atoms with van der Waals surface area (Å²) < 4.78 is 18.6. The molecule has 0 N–H and O–H groups in total. The Morgan fingerprint density at radius 2 is 1.83 bits per heavy atom. The molecule has 0 bridgehead atoms. The van der Waals surface area contributed by atoms with Crippen molar-refractivity contribution >= 4 is 0 Å². The second-order valence-corrected chi connectivity index (χ2v) is 4.35. The summed E-state index contributed by atoms with van der Waals surface area (Å²) in [4.78, 5) is 0. The third kappa shape index (κ3) is 3.59. The van der Waals surface area contributed by atoms with Gasteiger partial charge in [-0.2, -0.15) is 0 Å². The van der Waals surface area contributed by atoms with Crippen LogP contribution >= 0.6 is 0 Å². The summed E-state index contributed by atoms with van der Waals surface area (Å²) in [5.74, 6) is 0.390. The molecular weight excluding hydrogens is 227 g/mol. The summed E-state index contributed by atoms with van der Waals surface area (Å²) in [6.45, 7) is 2.53. The van der Waals surface area contributed by atoms with Crippen molar-refractivity contribution < 1.29 is 9.13 Å². The van der Waals surface area contributed by atoms with Crippen molar-refractivity contribution in [2.24, 2.45) is 0 Å². The van der Waals surface area contributed by atoms with E-state index < -0.39 is 0 Å². The Morgan fingerprint density at radius 1 is 1.06 bits per heavy atom. The molecule has 0 aliphatic rings. The van der Waals surface area contributed by atoms with Crippen LogP contribution in [-0.2, 0) is 6.42 Å². The van der Waals surface area contributed by atoms with Gasteiger partial charge >= 0.3 is 0 Å². The van der Waals surface area contributed by atoms with E-state index in [0.717, 1.165) is 18.4 Å². The molecule has 0 aliphatic carbocycles. The molecule has 0 saturated carbocycles. The minimum atomic E-state index is -0.251. The number of hydrogen-bond donors (Lipinski definition) is 0. The summed E-state index contributed by atoms with van der Waals surface area (Å²) in [7, 11) is 0. The quantitative estimate of drug-likeness (QED) is 0.718. The van der Waals surface area contributed by atoms with Gasteiger partial charge < -0.3 is 4.74 Å². The van der Waals surface area contributed by atoms with Crippen LogP contribution < -0.4 is 4.74 Å². The lowest BCUT2D eigenvalue weighted by molar-refractivity contribution is 0.307. The van der Waals surface area contributed by atoms with E-state index in [2.05, 4.69) is 12.1 Å². The molecule has 94 valence electrons. The Bertz CT molecular complexity index is 494. The maximum atomic E-state index is 13.0. The van der Waals surface area contributed by atoms with Crippen LogP contribution in [0.1, 0.15) is 17.5 Å². The van der Waals surface area contributed by atoms with Gasteiger partial charge in [0.15, 0.2) is 0 Å². The number of halogens is 1. The summed E-state index contributed by atoms with van der Waals surface area (Å²) >= 11 is 0. The van der Waals surface area contributed by atoms with Crippen molar-refractivity contribution in [3.05, 3.63) is 65.5 Å². The van der Waals surface area contributed by atoms with Gasteiger partial charge in [-0.1, -0.05) is 36.4 Å². The van der Waals surface area contributed by atoms with E-state index in [1.807, 2.05) is 25.1 Å². The Morgan fingerprint density at radius 3 is 2.61 bits per heavy atom. The monoisotopic (exact) mass is 244 g/mol. The Hall–Kier alpha value is -1.83. The van der Waals surface area contributed by atoms with Gasteiger partial charge in [0.1, 0.15) is 11.6 Å². The van der Waals surface area contributed by atoms with Crippen LogP contribution in [0.3, 0.4) is 0 Å². The number of aryl methyl sites for hydroxylation is 2. The topological polar surface area (TPSA) is 9.23 Å². The molecule has 0 heterocycles. The highest BCUT2D eigenvalue weighted by Crippen LogP contribution is 2.19. The van der Waals surface area contributed by atoms with Gasteiger partial charge in [-0.25, -0.2) is 4.39 Å². The lowest BCUT2D eigenvalue weighted by Crippen LogP contribution is -2.01. The second kappa shape index (κ2) is 6.20. The van der Waals surface area contributed by atoms with Gasteiger partial charge in [-0.05, 0) is 37.0 Å². The molecule has 0 aromatic heterocycles. The van der Waals surface area contributed by atoms with Crippen LogP contribution in [0.4, 0.5) is 4.39 Å². The average molecular weight is 244 g/mol. The normalized spacial score (nSPS) is 10.3. The predicted molar refractivity (Wildman–Crippen MR) is 71.4 cm³/mol. The van der Waals surface area contributed by atoms with Crippen molar-refractivity contribution in [2.75, 3.05) is 6.61 Å². The number of hydrogen-bond acceptors (Lipinski definition) is 1. The number of ether oxygens (including phenoxy) is 1.